The molecule has 0 spiro atoms. The van der Waals surface area contributed by atoms with Gasteiger partial charge in [0.1, 0.15) is 17.9 Å². The van der Waals surface area contributed by atoms with E-state index in [1.807, 2.05) is 31.2 Å². The third kappa shape index (κ3) is 10.5. The Labute approximate surface area is 198 Å². The third-order valence-electron chi connectivity index (χ3n) is 5.52. The lowest BCUT2D eigenvalue weighted by molar-refractivity contribution is -0.138. The molecule has 0 aromatic heterocycles. The third-order valence-corrected chi connectivity index (χ3v) is 6.99. The minimum atomic E-state index is -3.61. The first-order valence-corrected chi connectivity index (χ1v) is 12.7. The van der Waals surface area contributed by atoms with E-state index in [2.05, 4.69) is 17.0 Å². The highest BCUT2D eigenvalue weighted by Crippen LogP contribution is 2.25. The average Bonchev–Trinajstić information content (AvgIpc) is 2.73. The molecule has 32 heavy (non-hydrogen) atoms. The van der Waals surface area contributed by atoms with Crippen LogP contribution in [0.5, 0.6) is 5.75 Å². The SMILES string of the molecule is CCCCS(=O)(=O)NC(Cc1ccc(OC(CCC)C2CCNCC2)cc1)C(=O)O.Cl.O. The van der Waals surface area contributed by atoms with Crippen LogP contribution in [0.4, 0.5) is 0 Å². The predicted octanol–water partition coefficient (Wildman–Crippen LogP) is 2.55. The highest BCUT2D eigenvalue weighted by Gasteiger charge is 2.26. The van der Waals surface area contributed by atoms with Gasteiger partial charge in [0.05, 0.1) is 5.75 Å². The van der Waals surface area contributed by atoms with Crippen molar-refractivity contribution in [2.24, 2.45) is 5.92 Å². The Morgan fingerprint density at radius 3 is 2.34 bits per heavy atom. The van der Waals surface area contributed by atoms with E-state index in [-0.39, 0.29) is 36.2 Å². The molecule has 1 fully saturated rings. The van der Waals surface area contributed by atoms with Gasteiger partial charge in [0.25, 0.3) is 0 Å². The number of unbranched alkanes of at least 4 members (excludes halogenated alkanes) is 1. The Kier molecular flexibility index (Phi) is 14.8. The molecule has 0 amide bonds. The second-order valence-electron chi connectivity index (χ2n) is 8.06. The maximum absolute atomic E-state index is 12.1. The van der Waals surface area contributed by atoms with E-state index in [1.54, 1.807) is 0 Å². The number of rotatable bonds is 13. The lowest BCUT2D eigenvalue weighted by Crippen LogP contribution is -2.43. The van der Waals surface area contributed by atoms with Gasteiger partial charge in [-0.25, -0.2) is 13.1 Å². The molecule has 1 heterocycles. The largest absolute Gasteiger partial charge is 0.490 e. The van der Waals surface area contributed by atoms with Gasteiger partial charge in [0, 0.05) is 0 Å². The highest BCUT2D eigenvalue weighted by atomic mass is 35.5. The summed E-state index contributed by atoms with van der Waals surface area (Å²) in [5.74, 6) is 0.0745. The number of carbonyl (C=O) groups is 1. The van der Waals surface area contributed by atoms with E-state index in [0.717, 1.165) is 56.5 Å². The molecule has 0 saturated carbocycles. The molecule has 1 aliphatic rings. The Hall–Kier alpha value is -1.39. The smallest absolute Gasteiger partial charge is 0.322 e. The molecule has 1 aromatic carbocycles. The van der Waals surface area contributed by atoms with E-state index in [1.165, 1.54) is 0 Å². The number of piperidine rings is 1. The zero-order valence-corrected chi connectivity index (χ0v) is 20.6. The lowest BCUT2D eigenvalue weighted by atomic mass is 9.89. The minimum absolute atomic E-state index is 0. The van der Waals surface area contributed by atoms with Crippen molar-refractivity contribution < 1.29 is 28.5 Å². The summed E-state index contributed by atoms with van der Waals surface area (Å²) in [6.07, 6.45) is 5.80. The van der Waals surface area contributed by atoms with Gasteiger partial charge in [-0.1, -0.05) is 38.8 Å². The number of carboxylic acid groups (broad SMARTS) is 1. The molecule has 2 unspecified atom stereocenters. The normalized spacial score (nSPS) is 16.3. The van der Waals surface area contributed by atoms with Crippen molar-refractivity contribution in [3.05, 3.63) is 29.8 Å². The zero-order valence-electron chi connectivity index (χ0n) is 19.0. The van der Waals surface area contributed by atoms with Crippen molar-refractivity contribution in [2.45, 2.75) is 70.9 Å². The first kappa shape index (κ1) is 30.6. The summed E-state index contributed by atoms with van der Waals surface area (Å²) in [6.45, 7) is 6.11. The van der Waals surface area contributed by atoms with Gasteiger partial charge in [-0.2, -0.15) is 0 Å². The van der Waals surface area contributed by atoms with Crippen molar-refractivity contribution in [2.75, 3.05) is 18.8 Å². The van der Waals surface area contributed by atoms with Crippen LogP contribution in [0.25, 0.3) is 0 Å². The number of aliphatic carboxylic acids is 1. The van der Waals surface area contributed by atoms with E-state index in [0.29, 0.717) is 12.3 Å². The quantitative estimate of drug-likeness (QED) is 0.385. The molecule has 2 atom stereocenters. The van der Waals surface area contributed by atoms with Gasteiger partial charge < -0.3 is 20.6 Å². The number of hydrogen-bond donors (Lipinski definition) is 3. The Morgan fingerprint density at radius 1 is 1.19 bits per heavy atom. The number of nitrogens with one attached hydrogen (secondary N) is 2. The lowest BCUT2D eigenvalue weighted by Gasteiger charge is -2.31. The summed E-state index contributed by atoms with van der Waals surface area (Å²) in [6, 6.07) is 6.16. The molecule has 186 valence electrons. The molecule has 5 N–H and O–H groups in total. The molecule has 1 aliphatic heterocycles. The Balaban J connectivity index is 0.00000480. The minimum Gasteiger partial charge on any atom is -0.490 e. The predicted molar refractivity (Wildman–Crippen MR) is 129 cm³/mol. The van der Waals surface area contributed by atoms with Gasteiger partial charge in [0.2, 0.25) is 10.0 Å². The molecule has 2 rings (SSSR count). The molecular formula is C22H39ClN2O6S. The summed E-state index contributed by atoms with van der Waals surface area (Å²) >= 11 is 0. The average molecular weight is 495 g/mol. The molecule has 0 aliphatic carbocycles. The number of hydrogen-bond acceptors (Lipinski definition) is 5. The van der Waals surface area contributed by atoms with E-state index in [9.17, 15) is 18.3 Å². The maximum atomic E-state index is 12.1. The first-order valence-electron chi connectivity index (χ1n) is 11.0. The van der Waals surface area contributed by atoms with Crippen LogP contribution in [-0.4, -0.2) is 56.0 Å². The van der Waals surface area contributed by atoms with Crippen LogP contribution in [0, 0.1) is 5.92 Å². The van der Waals surface area contributed by atoms with Crippen molar-refractivity contribution in [3.8, 4) is 5.75 Å². The van der Waals surface area contributed by atoms with Crippen molar-refractivity contribution in [1.29, 1.82) is 0 Å². The number of ether oxygens (including phenoxy) is 1. The van der Waals surface area contributed by atoms with Crippen LogP contribution < -0.4 is 14.8 Å². The van der Waals surface area contributed by atoms with Crippen LogP contribution >= 0.6 is 12.4 Å². The Bertz CT molecular complexity index is 754. The summed E-state index contributed by atoms with van der Waals surface area (Å²) < 4.78 is 32.8. The fourth-order valence-electron chi connectivity index (χ4n) is 3.80. The van der Waals surface area contributed by atoms with Crippen LogP contribution in [0.15, 0.2) is 24.3 Å². The van der Waals surface area contributed by atoms with Gasteiger partial charge in [0.15, 0.2) is 0 Å². The first-order chi connectivity index (χ1) is 14.3. The monoisotopic (exact) mass is 494 g/mol. The Morgan fingerprint density at radius 2 is 1.81 bits per heavy atom. The van der Waals surface area contributed by atoms with Gasteiger partial charge in [-0.05, 0) is 68.8 Å². The summed E-state index contributed by atoms with van der Waals surface area (Å²) in [5.41, 5.74) is 0.752. The van der Waals surface area contributed by atoms with E-state index < -0.39 is 22.0 Å². The fourth-order valence-corrected chi connectivity index (χ4v) is 5.20. The van der Waals surface area contributed by atoms with Crippen LogP contribution in [0.2, 0.25) is 0 Å². The van der Waals surface area contributed by atoms with Crippen molar-refractivity contribution in [3.63, 3.8) is 0 Å². The maximum Gasteiger partial charge on any atom is 0.322 e. The van der Waals surface area contributed by atoms with Gasteiger partial charge in [-0.3, -0.25) is 4.79 Å². The number of halogens is 1. The van der Waals surface area contributed by atoms with E-state index in [4.69, 9.17) is 4.74 Å². The standard InChI is InChI=1S/C22H36N2O5S.ClH.H2O/c1-3-5-15-30(27,28)24-20(22(25)26)16-17-7-9-19(10-8-17)29-21(6-4-2)18-11-13-23-14-12-18;;/h7-10,18,20-21,23-24H,3-6,11-16H2,1-2H3,(H,25,26);1H;1H2. The number of benzene rings is 1. The van der Waals surface area contributed by atoms with Crippen LogP contribution in [-0.2, 0) is 21.2 Å². The summed E-state index contributed by atoms with van der Waals surface area (Å²) in [7, 11) is -3.61. The van der Waals surface area contributed by atoms with E-state index >= 15 is 0 Å². The van der Waals surface area contributed by atoms with Gasteiger partial charge >= 0.3 is 5.97 Å². The fraction of sp³-hybridized carbons (Fsp3) is 0.682. The van der Waals surface area contributed by atoms with Crippen molar-refractivity contribution >= 4 is 28.4 Å². The summed E-state index contributed by atoms with van der Waals surface area (Å²) in [4.78, 5) is 11.6. The molecule has 1 saturated heterocycles. The van der Waals surface area contributed by atoms with Crippen LogP contribution in [0.3, 0.4) is 0 Å². The molecule has 8 nitrogen and oxygen atoms in total. The molecule has 0 radical (unpaired) electrons. The second-order valence-corrected chi connectivity index (χ2v) is 9.94. The summed E-state index contributed by atoms with van der Waals surface area (Å²) in [5, 5.41) is 12.8. The zero-order chi connectivity index (χ0) is 22.0. The van der Waals surface area contributed by atoms with Crippen LogP contribution in [0.1, 0.15) is 57.9 Å². The molecule has 10 heteroatoms. The highest BCUT2D eigenvalue weighted by molar-refractivity contribution is 7.89. The number of carboxylic acids is 1. The molecule has 0 bridgehead atoms. The number of sulfonamides is 1. The molecular weight excluding hydrogens is 456 g/mol. The topological polar surface area (TPSA) is 136 Å². The van der Waals surface area contributed by atoms with Gasteiger partial charge in [-0.15, -0.1) is 12.4 Å². The van der Waals surface area contributed by atoms with Crippen molar-refractivity contribution in [1.82, 2.24) is 10.0 Å². The molecule has 1 aromatic rings. The second kappa shape index (κ2) is 15.4.